The van der Waals surface area contributed by atoms with Crippen molar-refractivity contribution in [3.05, 3.63) is 87.4 Å². The van der Waals surface area contributed by atoms with Crippen LogP contribution in [0.15, 0.2) is 58.5 Å². The van der Waals surface area contributed by atoms with Crippen LogP contribution in [0.1, 0.15) is 72.2 Å². The van der Waals surface area contributed by atoms with Gasteiger partial charge >= 0.3 is 6.18 Å². The molecule has 0 spiro atoms. The molecule has 0 saturated carbocycles. The molecule has 2 N–H and O–H groups in total. The van der Waals surface area contributed by atoms with E-state index in [0.29, 0.717) is 41.9 Å². The number of fused-ring (bicyclic) bond motifs is 2. The molecule has 0 fully saturated rings. The minimum atomic E-state index is -4.64. The standard InChI is InChI=1S/C32H30ClF3N4O3/c1-3-4-17(2)42-24-11-9-23(22-10-12-25(32(34,35)36)38-27(22)24)30-39-28(29(43-30)26(37)19-5-6-19)31(41)40-14-13-18-7-8-21(33)15-20(18)16-40/h5,7-12,15,17,26H,3-4,6,13-14,16,37H2,1-2H3. The van der Waals surface area contributed by atoms with Crippen molar-refractivity contribution in [3.63, 3.8) is 0 Å². The van der Waals surface area contributed by atoms with Gasteiger partial charge in [0.15, 0.2) is 11.5 Å². The molecule has 1 amide bonds. The second kappa shape index (κ2) is 11.3. The van der Waals surface area contributed by atoms with E-state index in [4.69, 9.17) is 26.5 Å². The topological polar surface area (TPSA) is 94.5 Å². The van der Waals surface area contributed by atoms with Crippen molar-refractivity contribution < 1.29 is 27.1 Å². The lowest BCUT2D eigenvalue weighted by atomic mass is 9.99. The van der Waals surface area contributed by atoms with Gasteiger partial charge in [0.2, 0.25) is 5.89 Å². The fourth-order valence-corrected chi connectivity index (χ4v) is 5.65. The van der Waals surface area contributed by atoms with Gasteiger partial charge in [0.1, 0.15) is 17.0 Å². The van der Waals surface area contributed by atoms with Gasteiger partial charge < -0.3 is 19.8 Å². The molecule has 0 radical (unpaired) electrons. The van der Waals surface area contributed by atoms with E-state index in [1.54, 1.807) is 17.0 Å². The molecular formula is C32H30ClF3N4O3. The zero-order valence-electron chi connectivity index (χ0n) is 23.7. The maximum Gasteiger partial charge on any atom is 0.433 e. The molecule has 0 bridgehead atoms. The van der Waals surface area contributed by atoms with Crippen LogP contribution in [-0.2, 0) is 19.1 Å². The van der Waals surface area contributed by atoms with Crippen LogP contribution in [-0.4, -0.2) is 33.4 Å². The Morgan fingerprint density at radius 2 is 1.95 bits per heavy atom. The van der Waals surface area contributed by atoms with Crippen LogP contribution in [0.3, 0.4) is 0 Å². The third-order valence-corrected chi connectivity index (χ3v) is 8.04. The summed E-state index contributed by atoms with van der Waals surface area (Å²) in [4.78, 5) is 24.1. The van der Waals surface area contributed by atoms with Gasteiger partial charge in [-0.1, -0.05) is 37.1 Å². The third-order valence-electron chi connectivity index (χ3n) is 7.81. The van der Waals surface area contributed by atoms with E-state index in [0.717, 1.165) is 35.6 Å². The normalized spacial score (nSPS) is 16.1. The van der Waals surface area contributed by atoms with E-state index in [-0.39, 0.29) is 40.6 Å². The summed E-state index contributed by atoms with van der Waals surface area (Å²) >= 11 is 6.21. The van der Waals surface area contributed by atoms with Crippen LogP contribution in [0.25, 0.3) is 22.4 Å². The molecular weight excluding hydrogens is 581 g/mol. The average molecular weight is 611 g/mol. The Labute approximate surface area is 251 Å². The molecule has 2 aromatic carbocycles. The number of benzene rings is 2. The smallest absolute Gasteiger partial charge is 0.433 e. The largest absolute Gasteiger partial charge is 0.488 e. The van der Waals surface area contributed by atoms with Gasteiger partial charge in [0.25, 0.3) is 5.91 Å². The average Bonchev–Trinajstić information content (AvgIpc) is 3.74. The maximum atomic E-state index is 13.9. The van der Waals surface area contributed by atoms with Crippen LogP contribution in [0, 0.1) is 0 Å². The zero-order valence-corrected chi connectivity index (χ0v) is 24.4. The van der Waals surface area contributed by atoms with E-state index in [2.05, 4.69) is 9.97 Å². The van der Waals surface area contributed by atoms with Crippen LogP contribution in [0.5, 0.6) is 5.75 Å². The number of amides is 1. The number of ether oxygens (including phenoxy) is 1. The molecule has 224 valence electrons. The lowest BCUT2D eigenvalue weighted by molar-refractivity contribution is -0.140. The number of carbonyl (C=O) groups is 1. The molecule has 4 aromatic rings. The Bertz CT molecular complexity index is 1750. The Morgan fingerprint density at radius 3 is 2.67 bits per heavy atom. The summed E-state index contributed by atoms with van der Waals surface area (Å²) in [5, 5.41) is 0.938. The van der Waals surface area contributed by atoms with Crippen LogP contribution in [0.4, 0.5) is 13.2 Å². The summed E-state index contributed by atoms with van der Waals surface area (Å²) in [6.07, 6.45) is -0.00267. The molecule has 2 atom stereocenters. The number of carbonyl (C=O) groups excluding carboxylic acids is 1. The van der Waals surface area contributed by atoms with E-state index in [1.807, 2.05) is 38.1 Å². The van der Waals surface area contributed by atoms with E-state index in [1.165, 1.54) is 6.07 Å². The first-order chi connectivity index (χ1) is 20.5. The van der Waals surface area contributed by atoms with Crippen molar-refractivity contribution in [1.82, 2.24) is 14.9 Å². The van der Waals surface area contributed by atoms with Crippen molar-refractivity contribution in [2.24, 2.45) is 5.73 Å². The second-order valence-electron chi connectivity index (χ2n) is 11.0. The molecule has 0 saturated heterocycles. The number of rotatable bonds is 8. The number of oxazole rings is 1. The molecule has 3 heterocycles. The first-order valence-electron chi connectivity index (χ1n) is 14.2. The SMILES string of the molecule is CCCC(C)Oc1ccc(-c2nc(C(=O)N3CCc4ccc(Cl)cc4C3)c(C(N)C3=CC3)o2)c2ccc(C(F)(F)F)nc12. The molecule has 1 aliphatic carbocycles. The number of pyridine rings is 1. The number of nitrogens with zero attached hydrogens (tertiary/aromatic N) is 3. The number of halogens is 4. The lowest BCUT2D eigenvalue weighted by Gasteiger charge is -2.28. The van der Waals surface area contributed by atoms with Gasteiger partial charge in [-0.15, -0.1) is 0 Å². The van der Waals surface area contributed by atoms with Crippen molar-refractivity contribution in [3.8, 4) is 17.2 Å². The zero-order chi connectivity index (χ0) is 30.5. The highest BCUT2D eigenvalue weighted by atomic mass is 35.5. The number of aromatic nitrogens is 2. The first-order valence-corrected chi connectivity index (χ1v) is 14.6. The summed E-state index contributed by atoms with van der Waals surface area (Å²) < 4.78 is 53.2. The fourth-order valence-electron chi connectivity index (χ4n) is 5.45. The highest BCUT2D eigenvalue weighted by molar-refractivity contribution is 6.30. The number of nitrogens with two attached hydrogens (primary N) is 1. The summed E-state index contributed by atoms with van der Waals surface area (Å²) in [6.45, 7) is 4.68. The minimum Gasteiger partial charge on any atom is -0.488 e. The summed E-state index contributed by atoms with van der Waals surface area (Å²) in [5.41, 5.74) is 8.94. The summed E-state index contributed by atoms with van der Waals surface area (Å²) in [5.74, 6) is 0.155. The van der Waals surface area contributed by atoms with Crippen molar-refractivity contribution in [2.75, 3.05) is 6.54 Å². The molecule has 2 aromatic heterocycles. The fraction of sp³-hybridized carbons (Fsp3) is 0.344. The highest BCUT2D eigenvalue weighted by Crippen LogP contribution is 2.40. The monoisotopic (exact) mass is 610 g/mol. The van der Waals surface area contributed by atoms with Crippen LogP contribution >= 0.6 is 11.6 Å². The van der Waals surface area contributed by atoms with Gasteiger partial charge in [0.05, 0.1) is 12.1 Å². The van der Waals surface area contributed by atoms with Crippen molar-refractivity contribution in [1.29, 1.82) is 0 Å². The number of allylic oxidation sites excluding steroid dienone is 1. The Kier molecular flexibility index (Phi) is 7.68. The van der Waals surface area contributed by atoms with Crippen LogP contribution < -0.4 is 10.5 Å². The van der Waals surface area contributed by atoms with Gasteiger partial charge in [-0.2, -0.15) is 13.2 Å². The Morgan fingerprint density at radius 1 is 1.16 bits per heavy atom. The Hall–Kier alpha value is -3.89. The first kappa shape index (κ1) is 29.2. The van der Waals surface area contributed by atoms with Crippen LogP contribution in [0.2, 0.25) is 5.02 Å². The molecule has 11 heteroatoms. The molecule has 7 nitrogen and oxygen atoms in total. The lowest BCUT2D eigenvalue weighted by Crippen LogP contribution is -2.37. The summed E-state index contributed by atoms with van der Waals surface area (Å²) in [7, 11) is 0. The molecule has 43 heavy (non-hydrogen) atoms. The van der Waals surface area contributed by atoms with Gasteiger partial charge in [-0.25, -0.2) is 9.97 Å². The predicted octanol–water partition coefficient (Wildman–Crippen LogP) is 7.66. The minimum absolute atomic E-state index is 0.0293. The Balaban J connectivity index is 1.43. The number of hydrogen-bond donors (Lipinski definition) is 1. The number of alkyl halides is 3. The molecule has 6 rings (SSSR count). The maximum absolute atomic E-state index is 13.9. The summed E-state index contributed by atoms with van der Waals surface area (Å²) in [6, 6.07) is 10.5. The van der Waals surface area contributed by atoms with E-state index < -0.39 is 17.9 Å². The van der Waals surface area contributed by atoms with E-state index >= 15 is 0 Å². The van der Waals surface area contributed by atoms with Gasteiger partial charge in [0, 0.05) is 29.1 Å². The van der Waals surface area contributed by atoms with Crippen molar-refractivity contribution in [2.45, 2.75) is 64.4 Å². The highest BCUT2D eigenvalue weighted by Gasteiger charge is 2.35. The van der Waals surface area contributed by atoms with Gasteiger partial charge in [-0.3, -0.25) is 4.79 Å². The quantitative estimate of drug-likeness (QED) is 0.206. The predicted molar refractivity (Wildman–Crippen MR) is 157 cm³/mol. The molecule has 1 aliphatic heterocycles. The molecule has 2 aliphatic rings. The van der Waals surface area contributed by atoms with Crippen molar-refractivity contribution >= 4 is 28.4 Å². The molecule has 2 unspecified atom stereocenters. The second-order valence-corrected chi connectivity index (χ2v) is 11.4. The third kappa shape index (κ3) is 5.86. The van der Waals surface area contributed by atoms with E-state index in [9.17, 15) is 18.0 Å². The van der Waals surface area contributed by atoms with Gasteiger partial charge in [-0.05, 0) is 79.3 Å². The number of hydrogen-bond acceptors (Lipinski definition) is 6.